The number of hydrogen-bond donors (Lipinski definition) is 0. The molecule has 0 radical (unpaired) electrons. The van der Waals surface area contributed by atoms with Gasteiger partial charge in [-0.15, -0.1) is 0 Å². The summed E-state index contributed by atoms with van der Waals surface area (Å²) in [5.74, 6) is 0. The van der Waals surface area contributed by atoms with E-state index in [4.69, 9.17) is 69.6 Å². The maximum atomic E-state index is 5.60. The smallest absolute Gasteiger partial charge is 0.269 e. The van der Waals surface area contributed by atoms with Crippen molar-refractivity contribution in [2.24, 2.45) is 0 Å². The maximum Gasteiger partial charge on any atom is 0.269 e. The normalized spacial score (nSPS) is 18.6. The van der Waals surface area contributed by atoms with Crippen molar-refractivity contribution in [3.8, 4) is 0 Å². The van der Waals surface area contributed by atoms with Gasteiger partial charge in [-0.25, -0.2) is 0 Å². The third-order valence-corrected chi connectivity index (χ3v) is 2.69. The zero-order valence-electron chi connectivity index (χ0n) is 6.02. The van der Waals surface area contributed by atoms with E-state index in [1.54, 1.807) is 0 Å². The summed E-state index contributed by atoms with van der Waals surface area (Å²) in [7, 11) is 0. The summed E-state index contributed by atoms with van der Waals surface area (Å²) in [5, 5.41) is 0. The van der Waals surface area contributed by atoms with Gasteiger partial charge in [0.25, 0.3) is 7.83 Å². The molecular weight excluding hydrogens is 301 g/mol. The van der Waals surface area contributed by atoms with Crippen LogP contribution in [0.5, 0.6) is 0 Å². The first-order valence-electron chi connectivity index (χ1n) is 3.06. The van der Waals surface area contributed by atoms with Gasteiger partial charge < -0.3 is 9.80 Å². The highest BCUT2D eigenvalue weighted by Gasteiger charge is 2.37. The van der Waals surface area contributed by atoms with Gasteiger partial charge in [0.1, 0.15) is 0 Å². The Balaban J connectivity index is 2.63. The van der Waals surface area contributed by atoms with Crippen LogP contribution in [-0.4, -0.2) is 24.3 Å². The lowest BCUT2D eigenvalue weighted by atomic mass is 10.8. The average molecular weight is 305 g/mol. The lowest BCUT2D eigenvalue weighted by Crippen LogP contribution is -2.38. The second kappa shape index (κ2) is 3.92. The molecule has 0 unspecified atom stereocenters. The van der Waals surface area contributed by atoms with E-state index < -0.39 is 7.83 Å². The molecule has 0 saturated heterocycles. The monoisotopic (exact) mass is 302 g/mol. The molecule has 76 valence electrons. The quantitative estimate of drug-likeness (QED) is 0.497. The predicted molar refractivity (Wildman–Crippen MR) is 58.3 cm³/mol. The molecule has 0 fully saturated rings. The minimum absolute atomic E-state index is 0.215. The molecule has 0 atom stereocenters. The SMILES string of the molecule is ClC(Cl)(Cl)N1C=CN(C(Cl)(Cl)Cl)C1. The topological polar surface area (TPSA) is 6.48 Å². The maximum absolute atomic E-state index is 5.60. The summed E-state index contributed by atoms with van der Waals surface area (Å²) in [6, 6.07) is 0. The van der Waals surface area contributed by atoms with Crippen LogP contribution in [0.2, 0.25) is 0 Å². The Morgan fingerprint density at radius 2 is 1.08 bits per heavy atom. The van der Waals surface area contributed by atoms with Crippen LogP contribution in [0, 0.1) is 0 Å². The van der Waals surface area contributed by atoms with Crippen molar-refractivity contribution >= 4 is 69.6 Å². The molecule has 1 rings (SSSR count). The van der Waals surface area contributed by atoms with E-state index in [9.17, 15) is 0 Å². The second-order valence-corrected chi connectivity index (χ2v) is 6.76. The van der Waals surface area contributed by atoms with Crippen LogP contribution in [0.25, 0.3) is 0 Å². The Morgan fingerprint density at radius 1 is 0.769 bits per heavy atom. The Kier molecular flexibility index (Phi) is 3.66. The van der Waals surface area contributed by atoms with E-state index in [1.165, 1.54) is 22.2 Å². The van der Waals surface area contributed by atoms with Crippen LogP contribution in [-0.2, 0) is 0 Å². The van der Waals surface area contributed by atoms with Gasteiger partial charge in [0, 0.05) is 12.4 Å². The van der Waals surface area contributed by atoms with Crippen LogP contribution in [0.4, 0.5) is 0 Å². The summed E-state index contributed by atoms with van der Waals surface area (Å²) >= 11 is 33.6. The molecule has 0 aromatic carbocycles. The van der Waals surface area contributed by atoms with Gasteiger partial charge in [0.05, 0.1) is 6.67 Å². The van der Waals surface area contributed by atoms with Crippen LogP contribution < -0.4 is 0 Å². The standard InChI is InChI=1S/C5H4Cl6N2/c6-4(7,8)12-1-2-13(3-12)5(9,10)11/h1-2H,3H2. The van der Waals surface area contributed by atoms with Crippen molar-refractivity contribution in [1.29, 1.82) is 0 Å². The molecule has 0 N–H and O–H groups in total. The summed E-state index contributed by atoms with van der Waals surface area (Å²) in [6.07, 6.45) is 3.07. The van der Waals surface area contributed by atoms with Crippen molar-refractivity contribution in [3.63, 3.8) is 0 Å². The number of rotatable bonds is 0. The fourth-order valence-electron chi connectivity index (χ4n) is 0.749. The molecule has 2 nitrogen and oxygen atoms in total. The highest BCUT2D eigenvalue weighted by molar-refractivity contribution is 6.67. The van der Waals surface area contributed by atoms with Crippen LogP contribution in [0.15, 0.2) is 12.4 Å². The molecule has 0 bridgehead atoms. The average Bonchev–Trinajstić information content (AvgIpc) is 2.28. The molecule has 1 heterocycles. The van der Waals surface area contributed by atoms with Crippen LogP contribution >= 0.6 is 69.6 Å². The third kappa shape index (κ3) is 3.29. The zero-order valence-corrected chi connectivity index (χ0v) is 10.6. The van der Waals surface area contributed by atoms with Gasteiger partial charge in [0.2, 0.25) is 0 Å². The molecule has 0 aromatic heterocycles. The van der Waals surface area contributed by atoms with E-state index in [0.717, 1.165) is 0 Å². The summed E-state index contributed by atoms with van der Waals surface area (Å²) < 4.78 is -3.05. The fraction of sp³-hybridized carbons (Fsp3) is 0.600. The van der Waals surface area contributed by atoms with E-state index in [-0.39, 0.29) is 6.67 Å². The molecule has 13 heavy (non-hydrogen) atoms. The molecule has 1 aliphatic heterocycles. The van der Waals surface area contributed by atoms with Gasteiger partial charge >= 0.3 is 0 Å². The molecule has 0 amide bonds. The van der Waals surface area contributed by atoms with Crippen LogP contribution in [0.1, 0.15) is 0 Å². The third-order valence-electron chi connectivity index (χ3n) is 1.38. The largest absolute Gasteiger partial charge is 0.315 e. The first-order valence-corrected chi connectivity index (χ1v) is 5.33. The van der Waals surface area contributed by atoms with Gasteiger partial charge in [-0.1, -0.05) is 69.6 Å². The zero-order chi connectivity index (χ0) is 10.3. The lowest BCUT2D eigenvalue weighted by molar-refractivity contribution is 0.265. The fourth-order valence-corrected chi connectivity index (χ4v) is 1.41. The molecule has 0 aliphatic carbocycles. The predicted octanol–water partition coefficient (Wildman–Crippen LogP) is 3.69. The molecule has 8 heteroatoms. The Morgan fingerprint density at radius 3 is 1.23 bits per heavy atom. The van der Waals surface area contributed by atoms with Gasteiger partial charge in [-0.3, -0.25) is 0 Å². The number of nitrogens with zero attached hydrogens (tertiary/aromatic N) is 2. The first kappa shape index (κ1) is 12.2. The molecule has 0 spiro atoms. The van der Waals surface area contributed by atoms with E-state index >= 15 is 0 Å². The van der Waals surface area contributed by atoms with Crippen molar-refractivity contribution in [3.05, 3.63) is 12.4 Å². The van der Waals surface area contributed by atoms with E-state index in [0.29, 0.717) is 0 Å². The van der Waals surface area contributed by atoms with Gasteiger partial charge in [-0.05, 0) is 0 Å². The van der Waals surface area contributed by atoms with E-state index in [2.05, 4.69) is 0 Å². The highest BCUT2D eigenvalue weighted by Crippen LogP contribution is 2.38. The Hall–Kier alpha value is 1.08. The van der Waals surface area contributed by atoms with Crippen molar-refractivity contribution in [2.45, 2.75) is 7.83 Å². The van der Waals surface area contributed by atoms with Crippen molar-refractivity contribution < 1.29 is 0 Å². The molecule has 0 saturated carbocycles. The van der Waals surface area contributed by atoms with E-state index in [1.807, 2.05) is 0 Å². The summed E-state index contributed by atoms with van der Waals surface area (Å²) in [4.78, 5) is 2.80. The van der Waals surface area contributed by atoms with Gasteiger partial charge in [0.15, 0.2) is 0 Å². The summed E-state index contributed by atoms with van der Waals surface area (Å²) in [5.41, 5.74) is 0. The molecule has 1 aliphatic rings. The second-order valence-electron chi connectivity index (χ2n) is 2.31. The Labute approximate surface area is 106 Å². The minimum atomic E-state index is -1.53. The Bertz CT molecular complexity index is 194. The van der Waals surface area contributed by atoms with Crippen molar-refractivity contribution in [1.82, 2.24) is 9.80 Å². The highest BCUT2D eigenvalue weighted by atomic mass is 35.6. The van der Waals surface area contributed by atoms with Crippen LogP contribution in [0.3, 0.4) is 0 Å². The molecular formula is C5H4Cl6N2. The van der Waals surface area contributed by atoms with Gasteiger partial charge in [-0.2, -0.15) is 0 Å². The number of hydrogen-bond acceptors (Lipinski definition) is 2. The minimum Gasteiger partial charge on any atom is -0.315 e. The van der Waals surface area contributed by atoms with Crippen molar-refractivity contribution in [2.75, 3.05) is 6.67 Å². The number of alkyl halides is 6. The molecule has 0 aromatic rings. The lowest BCUT2D eigenvalue weighted by Gasteiger charge is -2.30. The summed E-state index contributed by atoms with van der Waals surface area (Å²) in [6.45, 7) is 0.215. The number of halogens is 6. The first-order chi connectivity index (χ1) is 5.71.